The second-order valence-corrected chi connectivity index (χ2v) is 6.44. The van der Waals surface area contributed by atoms with Crippen LogP contribution in [0.25, 0.3) is 11.3 Å². The second kappa shape index (κ2) is 10.9. The number of nitrogens with zero attached hydrogens (tertiary/aromatic N) is 2. The van der Waals surface area contributed by atoms with E-state index in [4.69, 9.17) is 0 Å². The fraction of sp³-hybridized carbons (Fsp3) is 0.524. The molecule has 3 heteroatoms. The molecule has 1 N–H and O–H groups in total. The molecule has 0 spiro atoms. The van der Waals surface area contributed by atoms with Gasteiger partial charge in [-0.05, 0) is 24.0 Å². The first kappa shape index (κ1) is 18.6. The molecule has 1 aromatic heterocycles. The molecule has 0 aliphatic carbocycles. The lowest BCUT2D eigenvalue weighted by Gasteiger charge is -2.11. The third-order valence-electron chi connectivity index (χ3n) is 4.53. The maximum absolute atomic E-state index is 9.56. The van der Waals surface area contributed by atoms with Gasteiger partial charge in [0.05, 0.1) is 12.3 Å². The van der Waals surface area contributed by atoms with Crippen LogP contribution in [-0.2, 0) is 13.0 Å². The van der Waals surface area contributed by atoms with Crippen LogP contribution in [0.5, 0.6) is 0 Å². The van der Waals surface area contributed by atoms with Crippen molar-refractivity contribution >= 4 is 0 Å². The zero-order valence-electron chi connectivity index (χ0n) is 14.9. The first-order valence-electron chi connectivity index (χ1n) is 9.34. The van der Waals surface area contributed by atoms with Crippen LogP contribution in [0.1, 0.15) is 69.4 Å². The maximum Gasteiger partial charge on any atom is 0.116 e. The third-order valence-corrected chi connectivity index (χ3v) is 4.53. The molecule has 0 bridgehead atoms. The summed E-state index contributed by atoms with van der Waals surface area (Å²) in [7, 11) is 0. The molecule has 0 atom stereocenters. The summed E-state index contributed by atoms with van der Waals surface area (Å²) in [5.74, 6) is 0. The first-order valence-corrected chi connectivity index (χ1v) is 9.34. The molecule has 0 aliphatic rings. The quantitative estimate of drug-likeness (QED) is 0.568. The molecule has 0 fully saturated rings. The van der Waals surface area contributed by atoms with E-state index in [9.17, 15) is 5.11 Å². The Balaban J connectivity index is 1.88. The van der Waals surface area contributed by atoms with Crippen LogP contribution in [0.2, 0.25) is 0 Å². The summed E-state index contributed by atoms with van der Waals surface area (Å²) in [6.45, 7) is 2.30. The third kappa shape index (κ3) is 5.72. The average molecular weight is 326 g/mol. The van der Waals surface area contributed by atoms with E-state index in [1.165, 1.54) is 56.9 Å². The van der Waals surface area contributed by atoms with Crippen LogP contribution in [0.4, 0.5) is 0 Å². The Morgan fingerprint density at radius 3 is 2.33 bits per heavy atom. The molecule has 1 heterocycles. The van der Waals surface area contributed by atoms with E-state index in [2.05, 4.69) is 16.9 Å². The highest BCUT2D eigenvalue weighted by Crippen LogP contribution is 2.26. The van der Waals surface area contributed by atoms with E-state index in [-0.39, 0.29) is 6.61 Å². The molecule has 0 saturated carbocycles. The van der Waals surface area contributed by atoms with Gasteiger partial charge in [0, 0.05) is 11.8 Å². The Morgan fingerprint density at radius 2 is 1.58 bits per heavy atom. The van der Waals surface area contributed by atoms with Crippen molar-refractivity contribution in [3.63, 3.8) is 0 Å². The molecule has 1 aromatic carbocycles. The highest BCUT2D eigenvalue weighted by atomic mass is 16.3. The van der Waals surface area contributed by atoms with E-state index in [0.717, 1.165) is 23.2 Å². The fourth-order valence-corrected chi connectivity index (χ4v) is 3.12. The number of aromatic nitrogens is 2. The van der Waals surface area contributed by atoms with E-state index in [0.29, 0.717) is 0 Å². The van der Waals surface area contributed by atoms with Gasteiger partial charge in [-0.3, -0.25) is 0 Å². The average Bonchev–Trinajstić information content (AvgIpc) is 2.64. The van der Waals surface area contributed by atoms with Gasteiger partial charge >= 0.3 is 0 Å². The largest absolute Gasteiger partial charge is 0.392 e. The molecule has 0 amide bonds. The summed E-state index contributed by atoms with van der Waals surface area (Å²) in [4.78, 5) is 8.69. The predicted octanol–water partition coefficient (Wildman–Crippen LogP) is 5.32. The highest BCUT2D eigenvalue weighted by molar-refractivity contribution is 5.66. The zero-order chi connectivity index (χ0) is 17.0. The molecule has 24 heavy (non-hydrogen) atoms. The summed E-state index contributed by atoms with van der Waals surface area (Å²) in [6.07, 6.45) is 15.1. The van der Waals surface area contributed by atoms with Gasteiger partial charge < -0.3 is 5.11 Å². The monoisotopic (exact) mass is 326 g/mol. The van der Waals surface area contributed by atoms with Crippen LogP contribution in [0, 0.1) is 0 Å². The van der Waals surface area contributed by atoms with Crippen molar-refractivity contribution in [3.05, 3.63) is 47.9 Å². The summed E-state index contributed by atoms with van der Waals surface area (Å²) in [5, 5.41) is 9.56. The minimum Gasteiger partial charge on any atom is -0.392 e. The molecule has 0 aliphatic heterocycles. The van der Waals surface area contributed by atoms with Crippen molar-refractivity contribution in [2.75, 3.05) is 0 Å². The number of hydrogen-bond donors (Lipinski definition) is 1. The van der Waals surface area contributed by atoms with E-state index >= 15 is 0 Å². The molecule has 0 radical (unpaired) electrons. The number of aliphatic hydroxyl groups excluding tert-OH is 1. The maximum atomic E-state index is 9.56. The van der Waals surface area contributed by atoms with E-state index < -0.39 is 0 Å². The topological polar surface area (TPSA) is 46.0 Å². The van der Waals surface area contributed by atoms with Gasteiger partial charge in [-0.15, -0.1) is 0 Å². The molecule has 2 rings (SSSR count). The number of rotatable bonds is 11. The molecule has 0 saturated heterocycles. The predicted molar refractivity (Wildman–Crippen MR) is 99.7 cm³/mol. The molecule has 0 unspecified atom stereocenters. The fourth-order valence-electron chi connectivity index (χ4n) is 3.12. The van der Waals surface area contributed by atoms with Gasteiger partial charge in [-0.2, -0.15) is 0 Å². The van der Waals surface area contributed by atoms with Crippen LogP contribution in [0.15, 0.2) is 36.8 Å². The Morgan fingerprint density at radius 1 is 0.875 bits per heavy atom. The van der Waals surface area contributed by atoms with Crippen molar-refractivity contribution < 1.29 is 5.11 Å². The summed E-state index contributed by atoms with van der Waals surface area (Å²) in [5.41, 5.74) is 4.10. The Labute approximate surface area is 146 Å². The Hall–Kier alpha value is -1.74. The standard InChI is InChI=1S/C21H30N2O/c1-2-3-4-5-6-7-8-9-12-18-15-22-17-23-21(18)20-14-11-10-13-19(20)16-24/h10-11,13-15,17,24H,2-9,12,16H2,1H3. The normalized spacial score (nSPS) is 10.9. The van der Waals surface area contributed by atoms with Gasteiger partial charge in [0.25, 0.3) is 0 Å². The smallest absolute Gasteiger partial charge is 0.116 e. The first-order chi connectivity index (χ1) is 11.9. The van der Waals surface area contributed by atoms with Crippen molar-refractivity contribution in [1.29, 1.82) is 0 Å². The minimum absolute atomic E-state index is 0.0391. The van der Waals surface area contributed by atoms with Crippen LogP contribution >= 0.6 is 0 Å². The lowest BCUT2D eigenvalue weighted by atomic mass is 9.98. The van der Waals surface area contributed by atoms with Gasteiger partial charge in [0.2, 0.25) is 0 Å². The zero-order valence-corrected chi connectivity index (χ0v) is 14.9. The lowest BCUT2D eigenvalue weighted by molar-refractivity contribution is 0.282. The molecule has 130 valence electrons. The van der Waals surface area contributed by atoms with Gasteiger partial charge in [-0.1, -0.05) is 76.1 Å². The summed E-state index contributed by atoms with van der Waals surface area (Å²) >= 11 is 0. The van der Waals surface area contributed by atoms with Crippen LogP contribution in [-0.4, -0.2) is 15.1 Å². The highest BCUT2D eigenvalue weighted by Gasteiger charge is 2.10. The molecule has 2 aromatic rings. The van der Waals surface area contributed by atoms with Gasteiger partial charge in [0.1, 0.15) is 6.33 Å². The van der Waals surface area contributed by atoms with Crippen LogP contribution in [0.3, 0.4) is 0 Å². The molecule has 3 nitrogen and oxygen atoms in total. The van der Waals surface area contributed by atoms with Gasteiger partial charge in [-0.25, -0.2) is 9.97 Å². The summed E-state index contributed by atoms with van der Waals surface area (Å²) < 4.78 is 0. The number of benzene rings is 1. The van der Waals surface area contributed by atoms with Gasteiger partial charge in [0.15, 0.2) is 0 Å². The number of aryl methyl sites for hydroxylation is 1. The Bertz CT molecular complexity index is 598. The van der Waals surface area contributed by atoms with Crippen molar-refractivity contribution in [2.45, 2.75) is 71.3 Å². The number of unbranched alkanes of at least 4 members (excludes halogenated alkanes) is 7. The SMILES string of the molecule is CCCCCCCCCCc1cncnc1-c1ccccc1CO. The van der Waals surface area contributed by atoms with Crippen LogP contribution < -0.4 is 0 Å². The molecular formula is C21H30N2O. The summed E-state index contributed by atoms with van der Waals surface area (Å²) in [6, 6.07) is 7.94. The van der Waals surface area contributed by atoms with Crippen molar-refractivity contribution in [2.24, 2.45) is 0 Å². The second-order valence-electron chi connectivity index (χ2n) is 6.44. The Kier molecular flexibility index (Phi) is 8.47. The van der Waals surface area contributed by atoms with Crippen molar-refractivity contribution in [1.82, 2.24) is 9.97 Å². The van der Waals surface area contributed by atoms with E-state index in [1.807, 2.05) is 30.5 Å². The van der Waals surface area contributed by atoms with E-state index in [1.54, 1.807) is 6.33 Å². The number of hydrogen-bond acceptors (Lipinski definition) is 3. The lowest BCUT2D eigenvalue weighted by Crippen LogP contribution is -1.98. The number of aliphatic hydroxyl groups is 1. The van der Waals surface area contributed by atoms with Crippen molar-refractivity contribution in [3.8, 4) is 11.3 Å². The molecular weight excluding hydrogens is 296 g/mol. The minimum atomic E-state index is 0.0391.